The Labute approximate surface area is 178 Å². The van der Waals surface area contributed by atoms with Crippen molar-refractivity contribution in [1.82, 2.24) is 0 Å². The number of ether oxygens (including phenoxy) is 4. The number of halogens is 1. The minimum absolute atomic E-state index is 0.00372. The van der Waals surface area contributed by atoms with Crippen LogP contribution in [0, 0.1) is 0 Å². The summed E-state index contributed by atoms with van der Waals surface area (Å²) in [7, 11) is 4.26. The summed E-state index contributed by atoms with van der Waals surface area (Å²) in [5.41, 5.74) is 0.481. The van der Waals surface area contributed by atoms with Gasteiger partial charge in [0.25, 0.3) is 5.91 Å². The van der Waals surface area contributed by atoms with Crippen LogP contribution in [0.5, 0.6) is 17.2 Å². The number of carbonyl (C=O) groups is 3. The standard InChI is InChI=1S/C20H21ClN2O7/c1-11(24)22-14-9-18(29-4)17(28-3)8-13(14)20(26)30-10-19(25)23-15-7-12(21)5-6-16(15)27-2/h5-9H,10H2,1-4H3,(H,22,24)(H,23,25). The zero-order valence-corrected chi connectivity index (χ0v) is 17.6. The molecule has 9 nitrogen and oxygen atoms in total. The predicted octanol–water partition coefficient (Wildman–Crippen LogP) is 3.12. The van der Waals surface area contributed by atoms with Gasteiger partial charge in [-0.3, -0.25) is 9.59 Å². The molecule has 2 N–H and O–H groups in total. The van der Waals surface area contributed by atoms with Gasteiger partial charge in [-0.2, -0.15) is 0 Å². The van der Waals surface area contributed by atoms with E-state index in [1.807, 2.05) is 0 Å². The Morgan fingerprint density at radius 1 is 0.867 bits per heavy atom. The first-order valence-corrected chi connectivity index (χ1v) is 9.01. The number of methoxy groups -OCH3 is 3. The highest BCUT2D eigenvalue weighted by atomic mass is 35.5. The summed E-state index contributed by atoms with van der Waals surface area (Å²) in [6.45, 7) is 0.708. The van der Waals surface area contributed by atoms with Gasteiger partial charge in [0.1, 0.15) is 5.75 Å². The first-order valence-electron chi connectivity index (χ1n) is 8.63. The van der Waals surface area contributed by atoms with Crippen LogP contribution in [0.25, 0.3) is 0 Å². The minimum atomic E-state index is -0.840. The van der Waals surface area contributed by atoms with E-state index in [0.29, 0.717) is 22.2 Å². The fourth-order valence-corrected chi connectivity index (χ4v) is 2.69. The molecule has 30 heavy (non-hydrogen) atoms. The van der Waals surface area contributed by atoms with Gasteiger partial charge < -0.3 is 29.6 Å². The van der Waals surface area contributed by atoms with Crippen LogP contribution in [0.1, 0.15) is 17.3 Å². The van der Waals surface area contributed by atoms with Crippen molar-refractivity contribution in [2.45, 2.75) is 6.92 Å². The Kier molecular flexibility index (Phi) is 7.88. The molecule has 0 aromatic heterocycles. The quantitative estimate of drug-likeness (QED) is 0.611. The second-order valence-corrected chi connectivity index (χ2v) is 6.34. The third kappa shape index (κ3) is 5.77. The molecule has 10 heteroatoms. The van der Waals surface area contributed by atoms with Gasteiger partial charge in [0, 0.05) is 24.1 Å². The van der Waals surface area contributed by atoms with E-state index in [2.05, 4.69) is 10.6 Å². The zero-order chi connectivity index (χ0) is 22.3. The second-order valence-electron chi connectivity index (χ2n) is 5.90. The maximum atomic E-state index is 12.6. The van der Waals surface area contributed by atoms with Crippen molar-refractivity contribution in [3.63, 3.8) is 0 Å². The molecule has 160 valence electrons. The van der Waals surface area contributed by atoms with Gasteiger partial charge in [0.2, 0.25) is 5.91 Å². The van der Waals surface area contributed by atoms with E-state index in [-0.39, 0.29) is 17.0 Å². The number of rotatable bonds is 8. The van der Waals surface area contributed by atoms with Gasteiger partial charge >= 0.3 is 5.97 Å². The Morgan fingerprint density at radius 2 is 1.50 bits per heavy atom. The predicted molar refractivity (Wildman–Crippen MR) is 111 cm³/mol. The molecule has 0 aliphatic rings. The first kappa shape index (κ1) is 22.8. The van der Waals surface area contributed by atoms with Crippen molar-refractivity contribution in [3.8, 4) is 17.2 Å². The van der Waals surface area contributed by atoms with E-state index in [1.165, 1.54) is 46.5 Å². The lowest BCUT2D eigenvalue weighted by Gasteiger charge is -2.15. The summed E-state index contributed by atoms with van der Waals surface area (Å²) in [5, 5.41) is 5.48. The topological polar surface area (TPSA) is 112 Å². The highest BCUT2D eigenvalue weighted by Gasteiger charge is 2.20. The van der Waals surface area contributed by atoms with E-state index in [0.717, 1.165) is 0 Å². The summed E-state index contributed by atoms with van der Waals surface area (Å²) in [5.74, 6) is -0.886. The largest absolute Gasteiger partial charge is 0.495 e. The molecular weight excluding hydrogens is 416 g/mol. The molecule has 0 aliphatic carbocycles. The molecule has 2 aromatic rings. The Morgan fingerprint density at radius 3 is 2.10 bits per heavy atom. The van der Waals surface area contributed by atoms with Crippen molar-refractivity contribution >= 4 is 40.8 Å². The molecule has 0 spiro atoms. The van der Waals surface area contributed by atoms with E-state index < -0.39 is 24.4 Å². The average Bonchev–Trinajstić information content (AvgIpc) is 2.71. The maximum absolute atomic E-state index is 12.6. The zero-order valence-electron chi connectivity index (χ0n) is 16.8. The van der Waals surface area contributed by atoms with Crippen LogP contribution in [0.3, 0.4) is 0 Å². The number of hydrogen-bond acceptors (Lipinski definition) is 7. The Balaban J connectivity index is 2.16. The van der Waals surface area contributed by atoms with Crippen LogP contribution in [0.15, 0.2) is 30.3 Å². The first-order chi connectivity index (χ1) is 14.3. The Bertz CT molecular complexity index is 962. The number of esters is 1. The summed E-state index contributed by atoms with van der Waals surface area (Å²) in [4.78, 5) is 36.2. The van der Waals surface area contributed by atoms with Crippen LogP contribution in [-0.4, -0.2) is 45.7 Å². The molecule has 0 unspecified atom stereocenters. The lowest BCUT2D eigenvalue weighted by molar-refractivity contribution is -0.119. The fraction of sp³-hybridized carbons (Fsp3) is 0.250. The van der Waals surface area contributed by atoms with Crippen molar-refractivity contribution in [2.75, 3.05) is 38.6 Å². The van der Waals surface area contributed by atoms with Gasteiger partial charge in [0.05, 0.1) is 38.3 Å². The molecule has 0 saturated carbocycles. The van der Waals surface area contributed by atoms with Crippen LogP contribution < -0.4 is 24.8 Å². The third-order valence-corrected chi connectivity index (χ3v) is 4.06. The maximum Gasteiger partial charge on any atom is 0.340 e. The van der Waals surface area contributed by atoms with Crippen LogP contribution in [-0.2, 0) is 14.3 Å². The smallest absolute Gasteiger partial charge is 0.340 e. The number of nitrogens with one attached hydrogen (secondary N) is 2. The summed E-state index contributed by atoms with van der Waals surface area (Å²) >= 11 is 5.93. The number of hydrogen-bond donors (Lipinski definition) is 2. The van der Waals surface area contributed by atoms with Crippen molar-refractivity contribution in [2.24, 2.45) is 0 Å². The van der Waals surface area contributed by atoms with Gasteiger partial charge in [0.15, 0.2) is 18.1 Å². The normalized spacial score (nSPS) is 10.0. The lowest BCUT2D eigenvalue weighted by atomic mass is 10.1. The lowest BCUT2D eigenvalue weighted by Crippen LogP contribution is -2.22. The molecule has 0 saturated heterocycles. The van der Waals surface area contributed by atoms with Gasteiger partial charge in [-0.25, -0.2) is 4.79 Å². The van der Waals surface area contributed by atoms with Crippen molar-refractivity contribution < 1.29 is 33.3 Å². The SMILES string of the molecule is COc1ccc(Cl)cc1NC(=O)COC(=O)c1cc(OC)c(OC)cc1NC(C)=O. The molecular formula is C20H21ClN2O7. The fourth-order valence-electron chi connectivity index (χ4n) is 2.51. The molecule has 2 rings (SSSR count). The van der Waals surface area contributed by atoms with Crippen LogP contribution >= 0.6 is 11.6 Å². The van der Waals surface area contributed by atoms with Crippen molar-refractivity contribution in [3.05, 3.63) is 40.9 Å². The number of anilines is 2. The highest BCUT2D eigenvalue weighted by molar-refractivity contribution is 6.31. The molecule has 2 aromatic carbocycles. The van der Waals surface area contributed by atoms with E-state index in [9.17, 15) is 14.4 Å². The number of carbonyl (C=O) groups excluding carboxylic acids is 3. The van der Waals surface area contributed by atoms with Crippen LogP contribution in [0.2, 0.25) is 5.02 Å². The number of amides is 2. The summed E-state index contributed by atoms with van der Waals surface area (Å²) in [6, 6.07) is 7.48. The van der Waals surface area contributed by atoms with E-state index in [1.54, 1.807) is 12.1 Å². The minimum Gasteiger partial charge on any atom is -0.495 e. The van der Waals surface area contributed by atoms with Gasteiger partial charge in [-0.1, -0.05) is 11.6 Å². The molecule has 0 aliphatic heterocycles. The molecule has 2 amide bonds. The van der Waals surface area contributed by atoms with E-state index >= 15 is 0 Å². The van der Waals surface area contributed by atoms with Crippen LogP contribution in [0.4, 0.5) is 11.4 Å². The summed E-state index contributed by atoms with van der Waals surface area (Å²) < 4.78 is 20.6. The van der Waals surface area contributed by atoms with Gasteiger partial charge in [-0.05, 0) is 18.2 Å². The van der Waals surface area contributed by atoms with Crippen molar-refractivity contribution in [1.29, 1.82) is 0 Å². The number of benzene rings is 2. The average molecular weight is 437 g/mol. The molecule has 0 fully saturated rings. The molecule has 0 bridgehead atoms. The molecule has 0 heterocycles. The molecule has 0 radical (unpaired) electrons. The van der Waals surface area contributed by atoms with E-state index in [4.69, 9.17) is 30.5 Å². The van der Waals surface area contributed by atoms with Gasteiger partial charge in [-0.15, -0.1) is 0 Å². The Hall–Kier alpha value is -3.46. The highest BCUT2D eigenvalue weighted by Crippen LogP contribution is 2.34. The summed E-state index contributed by atoms with van der Waals surface area (Å²) in [6.07, 6.45) is 0. The second kappa shape index (κ2) is 10.4. The monoisotopic (exact) mass is 436 g/mol. The molecule has 0 atom stereocenters. The third-order valence-electron chi connectivity index (χ3n) is 3.82.